The summed E-state index contributed by atoms with van der Waals surface area (Å²) in [5.41, 5.74) is -0.981. The summed E-state index contributed by atoms with van der Waals surface area (Å²) in [6.45, 7) is 1.99. The van der Waals surface area contributed by atoms with E-state index in [0.717, 1.165) is 18.2 Å². The predicted octanol–water partition coefficient (Wildman–Crippen LogP) is 4.09. The number of fused-ring (bicyclic) bond motifs is 1. The second kappa shape index (κ2) is 6.61. The Morgan fingerprint density at radius 3 is 2.56 bits per heavy atom. The highest BCUT2D eigenvalue weighted by Gasteiger charge is 2.31. The lowest BCUT2D eigenvalue weighted by Crippen LogP contribution is -2.15. The van der Waals surface area contributed by atoms with Crippen molar-refractivity contribution in [3.63, 3.8) is 0 Å². The van der Waals surface area contributed by atoms with Gasteiger partial charge in [-0.25, -0.2) is 13.2 Å². The van der Waals surface area contributed by atoms with Crippen LogP contribution in [0.5, 0.6) is 0 Å². The summed E-state index contributed by atoms with van der Waals surface area (Å²) >= 11 is 6.04. The van der Waals surface area contributed by atoms with Gasteiger partial charge in [-0.05, 0) is 31.2 Å². The third-order valence-corrected chi connectivity index (χ3v) is 5.62. The van der Waals surface area contributed by atoms with Crippen LogP contribution in [0.1, 0.15) is 12.5 Å². The Morgan fingerprint density at radius 1 is 1.22 bits per heavy atom. The topological polar surface area (TPSA) is 81.3 Å². The fourth-order valence-electron chi connectivity index (χ4n) is 2.54. The first-order valence-corrected chi connectivity index (χ1v) is 9.42. The average Bonchev–Trinajstić information content (AvgIpc) is 2.87. The van der Waals surface area contributed by atoms with Gasteiger partial charge in [0.1, 0.15) is 4.90 Å². The molecule has 0 aliphatic rings. The summed E-state index contributed by atoms with van der Waals surface area (Å²) in [4.78, 5) is 11.3. The molecule has 2 aromatic carbocycles. The minimum Gasteiger partial charge on any atom is -0.408 e. The molecule has 0 saturated carbocycles. The number of aryl methyl sites for hydroxylation is 1. The lowest BCUT2D eigenvalue weighted by molar-refractivity contribution is -0.137. The quantitative estimate of drug-likeness (QED) is 0.689. The third-order valence-electron chi connectivity index (χ3n) is 3.77. The molecule has 1 N–H and O–H groups in total. The summed E-state index contributed by atoms with van der Waals surface area (Å²) in [5, 5.41) is -0.204. The highest BCUT2D eigenvalue weighted by molar-refractivity contribution is 7.92. The highest BCUT2D eigenvalue weighted by atomic mass is 35.5. The number of nitrogens with zero attached hydrogens (tertiary/aromatic N) is 1. The summed E-state index contributed by atoms with van der Waals surface area (Å²) in [5.74, 6) is -0.677. The molecule has 0 radical (unpaired) electrons. The zero-order valence-electron chi connectivity index (χ0n) is 13.7. The zero-order valence-corrected chi connectivity index (χ0v) is 15.2. The number of anilines is 1. The van der Waals surface area contributed by atoms with Gasteiger partial charge in [0, 0.05) is 18.3 Å². The van der Waals surface area contributed by atoms with E-state index >= 15 is 0 Å². The number of aromatic nitrogens is 1. The summed E-state index contributed by atoms with van der Waals surface area (Å²) < 4.78 is 71.9. The number of hydrogen-bond donors (Lipinski definition) is 1. The first kappa shape index (κ1) is 19.3. The number of alkyl halides is 3. The van der Waals surface area contributed by atoms with Crippen molar-refractivity contribution in [1.29, 1.82) is 0 Å². The Balaban J connectivity index is 2.05. The summed E-state index contributed by atoms with van der Waals surface area (Å²) in [6, 6.07) is 6.04. The molecule has 11 heteroatoms. The van der Waals surface area contributed by atoms with Gasteiger partial charge in [0.05, 0.1) is 16.1 Å². The molecule has 1 aromatic heterocycles. The summed E-state index contributed by atoms with van der Waals surface area (Å²) in [6.07, 6.45) is -4.62. The molecule has 0 fully saturated rings. The number of benzene rings is 2. The molecule has 0 unspecified atom stereocenters. The van der Waals surface area contributed by atoms with Crippen LogP contribution >= 0.6 is 11.6 Å². The Labute approximate surface area is 156 Å². The van der Waals surface area contributed by atoms with Crippen LogP contribution in [0.25, 0.3) is 11.1 Å². The molecule has 0 atom stereocenters. The molecule has 1 heterocycles. The van der Waals surface area contributed by atoms with Crippen molar-refractivity contribution in [3.8, 4) is 0 Å². The smallest absolute Gasteiger partial charge is 0.408 e. The van der Waals surface area contributed by atoms with Crippen molar-refractivity contribution < 1.29 is 26.0 Å². The van der Waals surface area contributed by atoms with E-state index in [2.05, 4.69) is 0 Å². The standard InChI is InChI=1S/C16H12ClF3N2O4S/c1-2-22-12-7-11(17)14(8-13(12)26-15(22)23)27(24,25)21-10-5-3-4-9(6-10)16(18,19)20/h3-8,21H,2H2,1H3. The van der Waals surface area contributed by atoms with Crippen LogP contribution in [0, 0.1) is 0 Å². The first-order chi connectivity index (χ1) is 12.5. The molecule has 0 aliphatic carbocycles. The number of rotatable bonds is 4. The second-order valence-electron chi connectivity index (χ2n) is 5.55. The molecule has 6 nitrogen and oxygen atoms in total. The molecular formula is C16H12ClF3N2O4S. The highest BCUT2D eigenvalue weighted by Crippen LogP contribution is 2.32. The molecule has 0 spiro atoms. The van der Waals surface area contributed by atoms with Gasteiger partial charge >= 0.3 is 11.9 Å². The number of nitrogens with one attached hydrogen (secondary N) is 1. The third kappa shape index (κ3) is 3.67. The predicted molar refractivity (Wildman–Crippen MR) is 93.4 cm³/mol. The van der Waals surface area contributed by atoms with E-state index in [1.54, 1.807) is 6.92 Å². The maximum Gasteiger partial charge on any atom is 0.419 e. The van der Waals surface area contributed by atoms with Gasteiger partial charge in [0.25, 0.3) is 10.0 Å². The minimum atomic E-state index is -4.62. The van der Waals surface area contributed by atoms with Crippen LogP contribution in [-0.4, -0.2) is 13.0 Å². The van der Waals surface area contributed by atoms with E-state index in [0.29, 0.717) is 11.6 Å². The number of halogens is 4. The molecule has 144 valence electrons. The molecular weight excluding hydrogens is 409 g/mol. The van der Waals surface area contributed by atoms with Crippen LogP contribution < -0.4 is 10.5 Å². The molecule has 0 bridgehead atoms. The number of sulfonamides is 1. The lowest BCUT2D eigenvalue weighted by Gasteiger charge is -2.12. The van der Waals surface area contributed by atoms with E-state index in [1.807, 2.05) is 4.72 Å². The SMILES string of the molecule is CCn1c(=O)oc2cc(S(=O)(=O)Nc3cccc(C(F)(F)F)c3)c(Cl)cc21. The van der Waals surface area contributed by atoms with Gasteiger partial charge in [-0.3, -0.25) is 9.29 Å². The number of oxazole rings is 1. The minimum absolute atomic E-state index is 0.00401. The fourth-order valence-corrected chi connectivity index (χ4v) is 4.13. The van der Waals surface area contributed by atoms with Crippen LogP contribution in [0.15, 0.2) is 50.5 Å². The van der Waals surface area contributed by atoms with E-state index in [4.69, 9.17) is 16.0 Å². The van der Waals surface area contributed by atoms with Gasteiger partial charge in [-0.1, -0.05) is 17.7 Å². The van der Waals surface area contributed by atoms with E-state index in [1.165, 1.54) is 16.7 Å². The van der Waals surface area contributed by atoms with Crippen molar-refractivity contribution in [2.45, 2.75) is 24.5 Å². The monoisotopic (exact) mass is 420 g/mol. The van der Waals surface area contributed by atoms with Crippen LogP contribution in [0.2, 0.25) is 5.02 Å². The Kier molecular flexibility index (Phi) is 4.73. The normalized spacial score (nSPS) is 12.5. The molecule has 0 saturated heterocycles. The van der Waals surface area contributed by atoms with Gasteiger partial charge < -0.3 is 4.42 Å². The lowest BCUT2D eigenvalue weighted by atomic mass is 10.2. The van der Waals surface area contributed by atoms with E-state index in [9.17, 15) is 26.4 Å². The number of hydrogen-bond acceptors (Lipinski definition) is 4. The van der Waals surface area contributed by atoms with Crippen molar-refractivity contribution in [3.05, 3.63) is 57.5 Å². The van der Waals surface area contributed by atoms with Crippen LogP contribution in [0.4, 0.5) is 18.9 Å². The summed E-state index contributed by atoms with van der Waals surface area (Å²) in [7, 11) is -4.33. The van der Waals surface area contributed by atoms with Crippen molar-refractivity contribution in [1.82, 2.24) is 4.57 Å². The van der Waals surface area contributed by atoms with Crippen molar-refractivity contribution in [2.24, 2.45) is 0 Å². The van der Waals surface area contributed by atoms with Crippen LogP contribution in [-0.2, 0) is 22.7 Å². The Morgan fingerprint density at radius 2 is 1.93 bits per heavy atom. The maximum atomic E-state index is 12.8. The van der Waals surface area contributed by atoms with Gasteiger partial charge in [-0.2, -0.15) is 13.2 Å². The Bertz CT molecular complexity index is 1180. The molecule has 0 amide bonds. The van der Waals surface area contributed by atoms with Crippen molar-refractivity contribution in [2.75, 3.05) is 4.72 Å². The Hall–Kier alpha value is -2.46. The van der Waals surface area contributed by atoms with Gasteiger partial charge in [-0.15, -0.1) is 0 Å². The van der Waals surface area contributed by atoms with Crippen molar-refractivity contribution >= 4 is 38.4 Å². The largest absolute Gasteiger partial charge is 0.419 e. The zero-order chi connectivity index (χ0) is 20.0. The van der Waals surface area contributed by atoms with Crippen LogP contribution in [0.3, 0.4) is 0 Å². The fraction of sp³-hybridized carbons (Fsp3) is 0.188. The molecule has 27 heavy (non-hydrogen) atoms. The van der Waals surface area contributed by atoms with Gasteiger partial charge in [0.15, 0.2) is 5.58 Å². The maximum absolute atomic E-state index is 12.8. The van der Waals surface area contributed by atoms with E-state index in [-0.39, 0.29) is 22.8 Å². The molecule has 3 aromatic rings. The van der Waals surface area contributed by atoms with Gasteiger partial charge in [0.2, 0.25) is 0 Å². The molecule has 3 rings (SSSR count). The average molecular weight is 421 g/mol. The van der Waals surface area contributed by atoms with E-state index < -0.39 is 32.4 Å². The molecule has 0 aliphatic heterocycles. The second-order valence-corrected chi connectivity index (χ2v) is 7.60. The first-order valence-electron chi connectivity index (χ1n) is 7.56.